The topological polar surface area (TPSA) is 47.8 Å². The van der Waals surface area contributed by atoms with Crippen molar-refractivity contribution in [3.8, 4) is 0 Å². The molecule has 0 unspecified atom stereocenters. The van der Waals surface area contributed by atoms with E-state index in [0.29, 0.717) is 11.8 Å². The maximum atomic E-state index is 12.8. The molecule has 0 saturated carbocycles. The van der Waals surface area contributed by atoms with E-state index in [1.54, 1.807) is 10.9 Å². The normalized spacial score (nSPS) is 12.5. The van der Waals surface area contributed by atoms with Crippen LogP contribution in [0.4, 0.5) is 0 Å². The molecule has 3 aromatic rings. The van der Waals surface area contributed by atoms with Crippen molar-refractivity contribution in [3.05, 3.63) is 69.5 Å². The minimum atomic E-state index is 0.00955. The van der Waals surface area contributed by atoms with Gasteiger partial charge in [0.1, 0.15) is 0 Å². The highest BCUT2D eigenvalue weighted by atomic mass is 16.1. The molecule has 0 aliphatic carbocycles. The molecule has 2 aromatic heterocycles. The zero-order valence-corrected chi connectivity index (χ0v) is 14.0. The van der Waals surface area contributed by atoms with Gasteiger partial charge in [-0.3, -0.25) is 14.3 Å². The van der Waals surface area contributed by atoms with Gasteiger partial charge in [-0.25, -0.2) is 4.98 Å². The molecule has 0 fully saturated rings. The van der Waals surface area contributed by atoms with Gasteiger partial charge in [-0.2, -0.15) is 0 Å². The lowest BCUT2D eigenvalue weighted by atomic mass is 10.1. The van der Waals surface area contributed by atoms with Gasteiger partial charge in [-0.05, 0) is 57.0 Å². The molecule has 4 heteroatoms. The number of pyridine rings is 1. The van der Waals surface area contributed by atoms with E-state index in [2.05, 4.69) is 9.97 Å². The number of aromatic nitrogens is 3. The molecule has 0 aliphatic heterocycles. The predicted molar refractivity (Wildman–Crippen MR) is 92.9 cm³/mol. The molecule has 4 nitrogen and oxygen atoms in total. The van der Waals surface area contributed by atoms with Crippen molar-refractivity contribution in [2.45, 2.75) is 40.2 Å². The maximum Gasteiger partial charge on any atom is 0.261 e. The maximum absolute atomic E-state index is 12.8. The Balaban J connectivity index is 2.01. The Morgan fingerprint density at radius 1 is 1.13 bits per heavy atom. The summed E-state index contributed by atoms with van der Waals surface area (Å²) in [5.74, 6) is 0. The second-order valence-electron chi connectivity index (χ2n) is 6.18. The lowest BCUT2D eigenvalue weighted by Crippen LogP contribution is -2.25. The van der Waals surface area contributed by atoms with Crippen LogP contribution < -0.4 is 5.56 Å². The number of benzene rings is 1. The number of nitrogens with zero attached hydrogens (tertiary/aromatic N) is 3. The van der Waals surface area contributed by atoms with Gasteiger partial charge < -0.3 is 0 Å². The zero-order chi connectivity index (χ0) is 16.6. The SMILES string of the molecule is Cc1cccc(C[C@@H](C)n2cnc3c(C)c(C)ccc3c2=O)n1. The van der Waals surface area contributed by atoms with E-state index >= 15 is 0 Å². The second kappa shape index (κ2) is 5.95. The monoisotopic (exact) mass is 307 g/mol. The summed E-state index contributed by atoms with van der Waals surface area (Å²) in [6.07, 6.45) is 2.37. The number of hydrogen-bond acceptors (Lipinski definition) is 3. The minimum Gasteiger partial charge on any atom is -0.295 e. The zero-order valence-electron chi connectivity index (χ0n) is 14.0. The smallest absolute Gasteiger partial charge is 0.261 e. The average Bonchev–Trinajstić information content (AvgIpc) is 2.51. The summed E-state index contributed by atoms with van der Waals surface area (Å²) in [7, 11) is 0. The molecule has 1 atom stereocenters. The summed E-state index contributed by atoms with van der Waals surface area (Å²) in [6, 6.07) is 9.84. The van der Waals surface area contributed by atoms with Crippen molar-refractivity contribution >= 4 is 10.9 Å². The number of fused-ring (bicyclic) bond motifs is 1. The van der Waals surface area contributed by atoms with Crippen molar-refractivity contribution in [3.63, 3.8) is 0 Å². The standard InChI is InChI=1S/C19H21N3O/c1-12-8-9-17-18(15(12)4)20-11-22(19(17)23)14(3)10-16-7-5-6-13(2)21-16/h5-9,11,14H,10H2,1-4H3/t14-/m1/s1. The van der Waals surface area contributed by atoms with E-state index < -0.39 is 0 Å². The van der Waals surface area contributed by atoms with Crippen LogP contribution in [-0.2, 0) is 6.42 Å². The summed E-state index contributed by atoms with van der Waals surface area (Å²) in [5, 5.41) is 0.680. The predicted octanol–water partition coefficient (Wildman–Crippen LogP) is 3.52. The Bertz CT molecular complexity index is 928. The van der Waals surface area contributed by atoms with Gasteiger partial charge in [0.2, 0.25) is 0 Å². The van der Waals surface area contributed by atoms with Crippen LogP contribution in [-0.4, -0.2) is 14.5 Å². The third-order valence-corrected chi connectivity index (χ3v) is 4.40. The summed E-state index contributed by atoms with van der Waals surface area (Å²) in [6.45, 7) is 8.05. The third-order valence-electron chi connectivity index (χ3n) is 4.40. The molecule has 0 saturated heterocycles. The fourth-order valence-electron chi connectivity index (χ4n) is 2.88. The molecule has 0 aliphatic rings. The Labute approximate surface area is 135 Å². The largest absolute Gasteiger partial charge is 0.295 e. The highest BCUT2D eigenvalue weighted by Crippen LogP contribution is 2.18. The van der Waals surface area contributed by atoms with Crippen molar-refractivity contribution < 1.29 is 0 Å². The first kappa shape index (κ1) is 15.4. The minimum absolute atomic E-state index is 0.00955. The van der Waals surface area contributed by atoms with Crippen LogP contribution in [0.2, 0.25) is 0 Å². The fourth-order valence-corrected chi connectivity index (χ4v) is 2.88. The van der Waals surface area contributed by atoms with Gasteiger partial charge in [0, 0.05) is 23.9 Å². The lowest BCUT2D eigenvalue weighted by Gasteiger charge is -2.16. The summed E-state index contributed by atoms with van der Waals surface area (Å²) >= 11 is 0. The Kier molecular flexibility index (Phi) is 3.99. The van der Waals surface area contributed by atoms with Gasteiger partial charge in [0.15, 0.2) is 0 Å². The molecule has 0 N–H and O–H groups in total. The van der Waals surface area contributed by atoms with Crippen molar-refractivity contribution in [1.82, 2.24) is 14.5 Å². The molecule has 0 radical (unpaired) electrons. The molecule has 23 heavy (non-hydrogen) atoms. The number of hydrogen-bond donors (Lipinski definition) is 0. The van der Waals surface area contributed by atoms with Crippen molar-refractivity contribution in [1.29, 1.82) is 0 Å². The Morgan fingerprint density at radius 3 is 2.65 bits per heavy atom. The summed E-state index contributed by atoms with van der Waals surface area (Å²) in [4.78, 5) is 21.8. The molecule has 2 heterocycles. The molecule has 1 aromatic carbocycles. The van der Waals surface area contributed by atoms with E-state index in [9.17, 15) is 4.79 Å². The van der Waals surface area contributed by atoms with Gasteiger partial charge in [0.05, 0.1) is 17.2 Å². The quantitative estimate of drug-likeness (QED) is 0.744. The van der Waals surface area contributed by atoms with Crippen LogP contribution in [0.5, 0.6) is 0 Å². The Hall–Kier alpha value is -2.49. The van der Waals surface area contributed by atoms with Gasteiger partial charge in [-0.15, -0.1) is 0 Å². The summed E-state index contributed by atoms with van der Waals surface area (Å²) in [5.41, 5.74) is 5.01. The summed E-state index contributed by atoms with van der Waals surface area (Å²) < 4.78 is 1.71. The fraction of sp³-hybridized carbons (Fsp3) is 0.316. The molecule has 0 spiro atoms. The molecular formula is C19H21N3O. The average molecular weight is 307 g/mol. The van der Waals surface area contributed by atoms with Crippen LogP contribution in [0.3, 0.4) is 0 Å². The Morgan fingerprint density at radius 2 is 1.91 bits per heavy atom. The highest BCUT2D eigenvalue weighted by Gasteiger charge is 2.13. The molecule has 0 amide bonds. The van der Waals surface area contributed by atoms with E-state index in [1.807, 2.05) is 58.0 Å². The molecule has 3 rings (SSSR count). The van der Waals surface area contributed by atoms with E-state index in [0.717, 1.165) is 28.0 Å². The first-order valence-electron chi connectivity index (χ1n) is 7.87. The van der Waals surface area contributed by atoms with Crippen LogP contribution >= 0.6 is 0 Å². The van der Waals surface area contributed by atoms with E-state index in [4.69, 9.17) is 0 Å². The van der Waals surface area contributed by atoms with Gasteiger partial charge in [0.25, 0.3) is 5.56 Å². The van der Waals surface area contributed by atoms with Gasteiger partial charge in [-0.1, -0.05) is 12.1 Å². The molecular weight excluding hydrogens is 286 g/mol. The van der Waals surface area contributed by atoms with Crippen molar-refractivity contribution in [2.24, 2.45) is 0 Å². The van der Waals surface area contributed by atoms with Crippen LogP contribution in [0, 0.1) is 20.8 Å². The van der Waals surface area contributed by atoms with E-state index in [-0.39, 0.29) is 11.6 Å². The van der Waals surface area contributed by atoms with Crippen LogP contribution in [0.15, 0.2) is 41.5 Å². The van der Waals surface area contributed by atoms with Crippen LogP contribution in [0.1, 0.15) is 35.5 Å². The first-order chi connectivity index (χ1) is 11.0. The number of aryl methyl sites for hydroxylation is 3. The lowest BCUT2D eigenvalue weighted by molar-refractivity contribution is 0.517. The third kappa shape index (κ3) is 2.89. The number of rotatable bonds is 3. The highest BCUT2D eigenvalue weighted by molar-refractivity contribution is 5.81. The first-order valence-corrected chi connectivity index (χ1v) is 7.87. The molecule has 0 bridgehead atoms. The molecule has 118 valence electrons. The van der Waals surface area contributed by atoms with Gasteiger partial charge >= 0.3 is 0 Å². The van der Waals surface area contributed by atoms with E-state index in [1.165, 1.54) is 0 Å². The van der Waals surface area contributed by atoms with Crippen molar-refractivity contribution in [2.75, 3.05) is 0 Å². The second-order valence-corrected chi connectivity index (χ2v) is 6.18. The van der Waals surface area contributed by atoms with Crippen LogP contribution in [0.25, 0.3) is 10.9 Å².